The summed E-state index contributed by atoms with van der Waals surface area (Å²) in [5.74, 6) is -0.538. The molecular formula is C65H106O5. The van der Waals surface area contributed by atoms with E-state index < -0.39 is 6.10 Å². The molecule has 0 radical (unpaired) electrons. The van der Waals surface area contributed by atoms with E-state index in [9.17, 15) is 9.59 Å². The van der Waals surface area contributed by atoms with Crippen molar-refractivity contribution in [3.05, 3.63) is 134 Å². The summed E-state index contributed by atoms with van der Waals surface area (Å²) in [6.07, 6.45) is 84.9. The minimum atomic E-state index is -0.600. The molecular weight excluding hydrogens is 861 g/mol. The van der Waals surface area contributed by atoms with Gasteiger partial charge in [-0.2, -0.15) is 0 Å². The molecule has 1 atom stereocenters. The topological polar surface area (TPSA) is 61.8 Å². The lowest BCUT2D eigenvalue weighted by Gasteiger charge is -2.18. The standard InChI is InChI=1S/C65H106O5/c1-4-7-10-13-16-19-22-25-28-31-32-33-36-39-42-45-48-51-54-57-60-68-61-63(70-65(67)59-56-53-50-47-44-41-38-35-30-27-24-21-18-15-12-9-6-3)62-69-64(66)58-55-52-49-46-43-40-37-34-29-26-23-20-17-14-11-8-5-2/h8-9,11-12,17-18,20-21,25-30,37-38,40-41,46-47,49-50,63H,4-7,10,13-16,19,22-24,31-36,39,42-45,48,51-62H2,1-3H3/b11-8-,12-9-,20-17-,21-18-,28-25-,29-26-,30-27-,40-37-,41-38-,49-46-,50-47-. The second-order valence-corrected chi connectivity index (χ2v) is 18.4. The fourth-order valence-corrected chi connectivity index (χ4v) is 7.46. The molecule has 0 fully saturated rings. The Balaban J connectivity index is 4.46. The molecule has 0 rings (SSSR count). The quantitative estimate of drug-likeness (QED) is 0.0345. The van der Waals surface area contributed by atoms with Crippen LogP contribution in [-0.2, 0) is 23.8 Å². The van der Waals surface area contributed by atoms with Gasteiger partial charge in [0.2, 0.25) is 0 Å². The van der Waals surface area contributed by atoms with E-state index in [-0.39, 0.29) is 25.2 Å². The third-order valence-electron chi connectivity index (χ3n) is 11.7. The first kappa shape index (κ1) is 66.0. The predicted octanol–water partition coefficient (Wildman–Crippen LogP) is 19.9. The Morgan fingerprint density at radius 2 is 0.643 bits per heavy atom. The maximum absolute atomic E-state index is 12.8. The summed E-state index contributed by atoms with van der Waals surface area (Å²) in [4.78, 5) is 25.5. The Labute approximate surface area is 432 Å². The van der Waals surface area contributed by atoms with E-state index in [1.807, 2.05) is 0 Å². The van der Waals surface area contributed by atoms with Gasteiger partial charge in [-0.25, -0.2) is 0 Å². The van der Waals surface area contributed by atoms with Crippen LogP contribution in [0.15, 0.2) is 134 Å². The number of rotatable bonds is 51. The number of carbonyl (C=O) groups excluding carboxylic acids is 2. The molecule has 5 nitrogen and oxygen atoms in total. The van der Waals surface area contributed by atoms with Crippen LogP contribution in [0.3, 0.4) is 0 Å². The van der Waals surface area contributed by atoms with Crippen molar-refractivity contribution >= 4 is 11.9 Å². The van der Waals surface area contributed by atoms with Crippen LogP contribution in [0.2, 0.25) is 0 Å². The van der Waals surface area contributed by atoms with Gasteiger partial charge < -0.3 is 14.2 Å². The van der Waals surface area contributed by atoms with E-state index in [1.165, 1.54) is 103 Å². The first-order valence-corrected chi connectivity index (χ1v) is 28.7. The van der Waals surface area contributed by atoms with Crippen molar-refractivity contribution in [3.8, 4) is 0 Å². The van der Waals surface area contributed by atoms with Crippen LogP contribution in [0.4, 0.5) is 0 Å². The summed E-state index contributed by atoms with van der Waals surface area (Å²) < 4.78 is 17.4. The first-order chi connectivity index (χ1) is 34.6. The molecule has 0 bridgehead atoms. The van der Waals surface area contributed by atoms with E-state index in [0.29, 0.717) is 25.9 Å². The van der Waals surface area contributed by atoms with Crippen molar-refractivity contribution in [2.24, 2.45) is 0 Å². The van der Waals surface area contributed by atoms with Gasteiger partial charge in [0.15, 0.2) is 6.10 Å². The summed E-state index contributed by atoms with van der Waals surface area (Å²) in [6, 6.07) is 0. The molecule has 0 amide bonds. The number of allylic oxidation sites excluding steroid dienone is 22. The molecule has 0 aromatic rings. The Bertz CT molecular complexity index is 1470. The van der Waals surface area contributed by atoms with Gasteiger partial charge >= 0.3 is 11.9 Å². The lowest BCUT2D eigenvalue weighted by molar-refractivity contribution is -0.162. The molecule has 70 heavy (non-hydrogen) atoms. The summed E-state index contributed by atoms with van der Waals surface area (Å²) in [5.41, 5.74) is 0. The zero-order chi connectivity index (χ0) is 50.6. The van der Waals surface area contributed by atoms with Gasteiger partial charge in [-0.1, -0.05) is 238 Å². The largest absolute Gasteiger partial charge is 0.462 e. The van der Waals surface area contributed by atoms with Gasteiger partial charge in [-0.3, -0.25) is 9.59 Å². The third kappa shape index (κ3) is 56.6. The maximum Gasteiger partial charge on any atom is 0.306 e. The molecule has 0 N–H and O–H groups in total. The number of hydrogen-bond donors (Lipinski definition) is 0. The average Bonchev–Trinajstić information content (AvgIpc) is 3.36. The lowest BCUT2D eigenvalue weighted by atomic mass is 10.1. The number of esters is 2. The van der Waals surface area contributed by atoms with Crippen molar-refractivity contribution in [1.82, 2.24) is 0 Å². The molecule has 0 spiro atoms. The lowest BCUT2D eigenvalue weighted by Crippen LogP contribution is -2.30. The van der Waals surface area contributed by atoms with Gasteiger partial charge in [0.05, 0.1) is 6.61 Å². The van der Waals surface area contributed by atoms with Crippen molar-refractivity contribution in [1.29, 1.82) is 0 Å². The maximum atomic E-state index is 12.8. The Kier molecular flexibility index (Phi) is 56.0. The number of ether oxygens (including phenoxy) is 3. The van der Waals surface area contributed by atoms with Crippen LogP contribution in [0.25, 0.3) is 0 Å². The van der Waals surface area contributed by atoms with Gasteiger partial charge in [0.1, 0.15) is 6.61 Å². The molecule has 0 aromatic heterocycles. The molecule has 0 aliphatic heterocycles. The van der Waals surface area contributed by atoms with Crippen molar-refractivity contribution in [2.45, 2.75) is 245 Å². The second kappa shape index (κ2) is 59.3. The Morgan fingerprint density at radius 3 is 1.04 bits per heavy atom. The van der Waals surface area contributed by atoms with Gasteiger partial charge in [-0.15, -0.1) is 0 Å². The fourth-order valence-electron chi connectivity index (χ4n) is 7.46. The molecule has 0 aromatic carbocycles. The fraction of sp³-hybridized carbons (Fsp3) is 0.631. The van der Waals surface area contributed by atoms with Crippen LogP contribution >= 0.6 is 0 Å². The highest BCUT2D eigenvalue weighted by Gasteiger charge is 2.17. The molecule has 5 heteroatoms. The summed E-state index contributed by atoms with van der Waals surface area (Å²) >= 11 is 0. The number of hydrogen-bond acceptors (Lipinski definition) is 5. The molecule has 0 heterocycles. The summed E-state index contributed by atoms with van der Waals surface area (Å²) in [7, 11) is 0. The van der Waals surface area contributed by atoms with E-state index in [4.69, 9.17) is 14.2 Å². The molecule has 0 aliphatic rings. The minimum Gasteiger partial charge on any atom is -0.462 e. The zero-order valence-corrected chi connectivity index (χ0v) is 45.5. The number of unbranched alkanes of at least 4 members (excludes halogenated alkanes) is 18. The highest BCUT2D eigenvalue weighted by atomic mass is 16.6. The summed E-state index contributed by atoms with van der Waals surface area (Å²) in [6.45, 7) is 7.47. The van der Waals surface area contributed by atoms with Crippen molar-refractivity contribution in [2.75, 3.05) is 19.8 Å². The highest BCUT2D eigenvalue weighted by molar-refractivity contribution is 5.70. The molecule has 1 unspecified atom stereocenters. The third-order valence-corrected chi connectivity index (χ3v) is 11.7. The predicted molar refractivity (Wildman–Crippen MR) is 306 cm³/mol. The van der Waals surface area contributed by atoms with Crippen molar-refractivity contribution in [3.63, 3.8) is 0 Å². The molecule has 396 valence electrons. The van der Waals surface area contributed by atoms with E-state index >= 15 is 0 Å². The second-order valence-electron chi connectivity index (χ2n) is 18.4. The van der Waals surface area contributed by atoms with E-state index in [2.05, 4.69) is 154 Å². The Hall–Kier alpha value is -3.96. The van der Waals surface area contributed by atoms with Crippen LogP contribution in [0.1, 0.15) is 239 Å². The van der Waals surface area contributed by atoms with E-state index in [0.717, 1.165) is 96.3 Å². The highest BCUT2D eigenvalue weighted by Crippen LogP contribution is 2.13. The number of carbonyl (C=O) groups is 2. The van der Waals surface area contributed by atoms with Crippen LogP contribution < -0.4 is 0 Å². The smallest absolute Gasteiger partial charge is 0.306 e. The van der Waals surface area contributed by atoms with Gasteiger partial charge in [0.25, 0.3) is 0 Å². The average molecular weight is 968 g/mol. The Morgan fingerprint density at radius 1 is 0.329 bits per heavy atom. The minimum absolute atomic E-state index is 0.0248. The first-order valence-electron chi connectivity index (χ1n) is 28.7. The van der Waals surface area contributed by atoms with Crippen molar-refractivity contribution < 1.29 is 23.8 Å². The normalized spacial score (nSPS) is 13.2. The zero-order valence-electron chi connectivity index (χ0n) is 45.5. The molecule has 0 aliphatic carbocycles. The van der Waals surface area contributed by atoms with E-state index in [1.54, 1.807) is 0 Å². The molecule has 0 saturated carbocycles. The summed E-state index contributed by atoms with van der Waals surface area (Å²) in [5, 5.41) is 0. The van der Waals surface area contributed by atoms with Crippen LogP contribution in [-0.4, -0.2) is 37.9 Å². The molecule has 0 saturated heterocycles. The monoisotopic (exact) mass is 967 g/mol. The van der Waals surface area contributed by atoms with Crippen LogP contribution in [0.5, 0.6) is 0 Å². The van der Waals surface area contributed by atoms with Gasteiger partial charge in [0, 0.05) is 19.4 Å². The SMILES string of the molecule is CC/C=C\C/C=C\C/C=C\C/C=C\C/C=C\CCCC(=O)OCC(COCCCCCCCCCCCC/C=C\CCCCCCCC)OC(=O)CCC/C=C\C/C=C\C/C=C\C/C=C\C/C=C\CC. The van der Waals surface area contributed by atoms with Crippen LogP contribution in [0, 0.1) is 0 Å². The van der Waals surface area contributed by atoms with Gasteiger partial charge in [-0.05, 0) is 122 Å².